The van der Waals surface area contributed by atoms with Crippen molar-refractivity contribution >= 4 is 63.5 Å². The van der Waals surface area contributed by atoms with E-state index in [4.69, 9.17) is 0 Å². The average molecular weight is 2520 g/mol. The molecule has 0 saturated heterocycles. The molecule has 101 heavy (non-hydrogen) atoms. The maximum absolute atomic E-state index is 10.1. The van der Waals surface area contributed by atoms with Gasteiger partial charge in [-0.1, -0.05) is 96.9 Å². The molecule has 0 aromatic rings. The van der Waals surface area contributed by atoms with E-state index >= 15 is 0 Å². The van der Waals surface area contributed by atoms with Crippen molar-refractivity contribution in [1.29, 1.82) is 0 Å². The molecule has 56 N–H and O–H groups in total. The van der Waals surface area contributed by atoms with Gasteiger partial charge in [-0.3, -0.25) is 0 Å². The summed E-state index contributed by atoms with van der Waals surface area (Å²) in [7, 11) is 8.22. The third-order valence-corrected chi connectivity index (χ3v) is 7.62. The van der Waals surface area contributed by atoms with Gasteiger partial charge in [0.05, 0.1) is 41.8 Å². The molecular formula is C42H126Cl12N7O34Yb4Zn2. The van der Waals surface area contributed by atoms with E-state index in [0.717, 1.165) is 0 Å². The second-order valence-corrected chi connectivity index (χ2v) is 18.5. The molecule has 0 rings (SSSR count). The van der Waals surface area contributed by atoms with Crippen molar-refractivity contribution in [3.05, 3.63) is 0 Å². The minimum absolute atomic E-state index is 0. The van der Waals surface area contributed by atoms with Gasteiger partial charge in [0.1, 0.15) is 42.3 Å². The molecule has 0 aliphatic heterocycles. The molecule has 0 spiro atoms. The standard InChI is InChI=1S/7C6H13NO2.Cl2.10ClH.20H2O.4Yb.2Zn/c7*1-4(2)3-5(7)6(8)9;1-2;;;;;;;;;;;;;;;;;;;;;;;;;;;;;;;;;;;;/h7*4-5H,3,7H2,1-2H3,(H,8,9);;10*1H;20*1H2;;;;;;/q;;;;;;;;;;;;;;;;;;;;;;;;;;;;;;;;;;;;;;+2;3*+3;2*+2/p-15/t7*5-;;;;;;;;;;;;;;;;;;;;;;;;;;;;;;;;;;;;;/m0000000...................................../s1. The summed E-state index contributed by atoms with van der Waals surface area (Å²) in [4.78, 5) is 70.4. The predicted molar refractivity (Wildman–Crippen MR) is 294 cm³/mol. The fourth-order valence-electron chi connectivity index (χ4n) is 4.66. The minimum Gasteiger partial charge on any atom is -1.00 e. The molecule has 0 fully saturated rings. The smallest absolute Gasteiger partial charge is 1.00 e. The zero-order chi connectivity index (χ0) is 54.1. The molecule has 0 aromatic heterocycles. The van der Waals surface area contributed by atoms with Crippen molar-refractivity contribution in [2.45, 2.75) is 184 Å². The van der Waals surface area contributed by atoms with Gasteiger partial charge in [-0.2, -0.15) is 0 Å². The molecule has 0 aromatic carbocycles. The summed E-state index contributed by atoms with van der Waals surface area (Å²) in [5.74, 6) is -4.70. The maximum Gasteiger partial charge on any atom is 3.00 e. The monoisotopic (exact) mass is 2520 g/mol. The summed E-state index contributed by atoms with van der Waals surface area (Å²) in [5, 5.41) is 70.4. The first kappa shape index (κ1) is 303. The summed E-state index contributed by atoms with van der Waals surface area (Å²) in [6, 6.07) is -3.86. The van der Waals surface area contributed by atoms with Crippen LogP contribution in [0.3, 0.4) is 0 Å². The van der Waals surface area contributed by atoms with Gasteiger partial charge in [-0.15, -0.1) is 0 Å². The number of hydrogen-bond donors (Lipinski definition) is 7. The molecule has 59 heteroatoms. The van der Waals surface area contributed by atoms with Crippen molar-refractivity contribution in [2.24, 2.45) is 41.4 Å². The molecule has 7 atom stereocenters. The van der Waals surface area contributed by atoms with Gasteiger partial charge in [0.15, 0.2) is 0 Å². The summed E-state index contributed by atoms with van der Waals surface area (Å²) in [6.45, 7) is 27.4. The fourth-order valence-corrected chi connectivity index (χ4v) is 4.66. The average Bonchev–Trinajstić information content (AvgIpc) is 3.12. The number of carbonyl (C=O) groups excluding carboxylic acids is 7. The zero-order valence-corrected chi connectivity index (χ0v) is 79.8. The number of rotatable bonds is 21. The van der Waals surface area contributed by atoms with Crippen LogP contribution in [0.2, 0.25) is 0 Å². The van der Waals surface area contributed by atoms with E-state index in [-0.39, 0.29) is 460 Å². The van der Waals surface area contributed by atoms with E-state index in [1.165, 1.54) is 0 Å². The quantitative estimate of drug-likeness (QED) is 0.0525. The number of carboxylic acids is 7. The van der Waals surface area contributed by atoms with Crippen LogP contribution in [0, 0.1) is 229 Å². The Labute approximate surface area is 845 Å². The zero-order valence-electron chi connectivity index (χ0n) is 58.0. The molecule has 677 valence electrons. The Morgan fingerprint density at radius 2 is 0.267 bits per heavy atom. The Morgan fingerprint density at radius 3 is 0.277 bits per heavy atom. The van der Waals surface area contributed by atoms with Crippen LogP contribution in [-0.2, 0) is 72.5 Å². The van der Waals surface area contributed by atoms with Gasteiger partial charge in [0.2, 0.25) is 0 Å². The summed E-state index contributed by atoms with van der Waals surface area (Å²) in [5.41, 5.74) is 23.9. The third-order valence-electron chi connectivity index (χ3n) is 7.62. The van der Waals surface area contributed by atoms with E-state index in [2.05, 4.69) is 61.8 Å². The summed E-state index contributed by atoms with van der Waals surface area (Å²) < 4.78 is 0. The SMILES string of the molecule is CC(C)C[C@H]([NH3+])C(=O)[O-].CC(C)C[C@H]([NH3+])C(=O)[O-].CC(C)C[C@H]([NH3+])C(=O)[O-].CC(C)C[C@H]([NH3+])C(=O)[O-].CC(C)C[C@H]([NH3+])C(=O)[O-].CC(C)C[C@H]([NH3+])C(=O)[O-].CC(C)C[C@H]([NH3+])C(=O)[O-].ClCl.O.O.O.O.O.O.O.O.O.O.O.O.O.O.O.[Cl-].[Cl-].[Cl-].[Cl-].[Cl-].[Cl-].[Cl-].[Cl-].[Cl-].[Cl-].[OH-].[OH-].[OH-].[OH-].[OH-].[Yb+2].[Yb+3].[Yb+3].[Yb+3].[Zn+2].[Zn+2]. The third kappa shape index (κ3) is 298. The van der Waals surface area contributed by atoms with Gasteiger partial charge < -0.3 is 343 Å². The summed E-state index contributed by atoms with van der Waals surface area (Å²) >= 11 is 0. The van der Waals surface area contributed by atoms with Crippen molar-refractivity contribution in [1.82, 2.24) is 0 Å². The van der Waals surface area contributed by atoms with Crippen molar-refractivity contribution in [2.75, 3.05) is 0 Å². The number of aliphatic carboxylic acids is 7. The van der Waals surface area contributed by atoms with E-state index in [9.17, 15) is 69.3 Å². The van der Waals surface area contributed by atoms with E-state index in [0.29, 0.717) is 86.4 Å². The number of hydrogen-bond acceptors (Lipinski definition) is 19. The molecule has 0 heterocycles. The first-order chi connectivity index (χ1) is 29.3. The van der Waals surface area contributed by atoms with Crippen molar-refractivity contribution in [3.63, 3.8) is 0 Å². The molecule has 0 bridgehead atoms. The van der Waals surface area contributed by atoms with Crippen LogP contribution < -0.4 is 200 Å². The predicted octanol–water partition coefficient (Wildman–Crippen LogP) is -53.1. The van der Waals surface area contributed by atoms with Gasteiger partial charge >= 0.3 is 227 Å². The molecule has 0 unspecified atom stereocenters. The minimum atomic E-state index is -1.05. The Kier molecular flexibility index (Phi) is 607. The number of halogens is 12. The van der Waals surface area contributed by atoms with E-state index in [1.807, 2.05) is 96.9 Å². The van der Waals surface area contributed by atoms with Crippen molar-refractivity contribution in [3.8, 4) is 0 Å². The van der Waals surface area contributed by atoms with Crippen LogP contribution in [-0.4, -0.2) is 194 Å². The fraction of sp³-hybridized carbons (Fsp3) is 0.833. The van der Waals surface area contributed by atoms with Crippen LogP contribution in [0.4, 0.5) is 0 Å². The molecule has 0 saturated carbocycles. The van der Waals surface area contributed by atoms with Crippen LogP contribution in [0.5, 0.6) is 0 Å². The van der Waals surface area contributed by atoms with Gasteiger partial charge in [0.25, 0.3) is 0 Å². The van der Waals surface area contributed by atoms with Gasteiger partial charge in [-0.25, -0.2) is 0 Å². The van der Waals surface area contributed by atoms with Crippen LogP contribution in [0.15, 0.2) is 0 Å². The second kappa shape index (κ2) is 202. The molecule has 3 radical (unpaired) electrons. The van der Waals surface area contributed by atoms with E-state index < -0.39 is 84.1 Å². The molecule has 0 aliphatic rings. The largest absolute Gasteiger partial charge is 3.00 e. The van der Waals surface area contributed by atoms with Gasteiger partial charge in [0, 0.05) is 66.7 Å². The summed E-state index contributed by atoms with van der Waals surface area (Å²) in [6.07, 6.45) is 4.20. The van der Waals surface area contributed by atoms with E-state index in [1.54, 1.807) is 0 Å². The number of quaternary nitrogens is 7. The van der Waals surface area contributed by atoms with Crippen LogP contribution in [0.1, 0.15) is 142 Å². The molecule has 0 amide bonds. The molecule has 41 nitrogen and oxygen atoms in total. The first-order valence-corrected chi connectivity index (χ1v) is 22.8. The van der Waals surface area contributed by atoms with Gasteiger partial charge in [-0.05, 0) is 41.4 Å². The van der Waals surface area contributed by atoms with Crippen LogP contribution >= 0.6 is 21.7 Å². The molecule has 0 aliphatic carbocycles. The van der Waals surface area contributed by atoms with Crippen LogP contribution in [0.25, 0.3) is 0 Å². The van der Waals surface area contributed by atoms with Crippen molar-refractivity contribution < 1.29 is 570 Å². The molecular weight excluding hydrogens is 2390 g/mol. The Hall–Kier alpha value is 6.01. The Morgan fingerprint density at radius 1 is 0.228 bits per heavy atom. The normalized spacial score (nSPS) is 8.65. The first-order valence-electron chi connectivity index (χ1n) is 21.7. The second-order valence-electron chi connectivity index (χ2n) is 18.5. The Bertz CT molecular complexity index is 1090. The Balaban J connectivity index is -0.00000000840. The maximum atomic E-state index is 10.1. The number of carbonyl (C=O) groups is 7. The topological polar surface area (TPSA) is 1100 Å². The number of carboxylic acid groups (broad SMARTS) is 7.